The van der Waals surface area contributed by atoms with Gasteiger partial charge in [-0.2, -0.15) is 0 Å². The van der Waals surface area contributed by atoms with Crippen LogP contribution in [0.2, 0.25) is 0 Å². The Bertz CT molecular complexity index is 455. The van der Waals surface area contributed by atoms with Gasteiger partial charge in [-0.25, -0.2) is 0 Å². The van der Waals surface area contributed by atoms with Crippen molar-refractivity contribution >= 4 is 5.91 Å². The summed E-state index contributed by atoms with van der Waals surface area (Å²) < 4.78 is 5.31. The molecule has 0 aromatic carbocycles. The van der Waals surface area contributed by atoms with Gasteiger partial charge in [-0.1, -0.05) is 0 Å². The van der Waals surface area contributed by atoms with Crippen LogP contribution in [0.25, 0.3) is 0 Å². The standard InChI is InChI=1S/C10H10IN4O/c1-7-5-9(14-11-6-7)13-10(16)8-3-2-4-12-15-8/h2-6,14H,1H3,(H,13,16)/q-1. The number of hydrogen-bond donors (Lipinski definition) is 2. The number of allylic oxidation sites excluding steroid dienone is 2. The second-order valence-corrected chi connectivity index (χ2v) is 4.96. The summed E-state index contributed by atoms with van der Waals surface area (Å²) in [6.45, 7) is 2.01. The molecule has 16 heavy (non-hydrogen) atoms. The Morgan fingerprint density at radius 3 is 3.12 bits per heavy atom. The molecular weight excluding hydrogens is 319 g/mol. The minimum atomic E-state index is -0.245. The second-order valence-electron chi connectivity index (χ2n) is 3.18. The first-order valence-corrected chi connectivity index (χ1v) is 6.94. The van der Waals surface area contributed by atoms with Gasteiger partial charge in [-0.05, 0) is 0 Å². The van der Waals surface area contributed by atoms with Gasteiger partial charge >= 0.3 is 104 Å². The first-order chi connectivity index (χ1) is 7.75. The van der Waals surface area contributed by atoms with Crippen LogP contribution in [0.1, 0.15) is 17.4 Å². The van der Waals surface area contributed by atoms with E-state index >= 15 is 0 Å². The Balaban J connectivity index is 2.06. The molecule has 0 saturated carbocycles. The van der Waals surface area contributed by atoms with E-state index in [1.165, 1.54) is 11.8 Å². The Labute approximate surface area is 104 Å². The number of carbonyl (C=O) groups excluding carboxylic acids is 1. The van der Waals surface area contributed by atoms with Gasteiger partial charge in [0.2, 0.25) is 0 Å². The number of rotatable bonds is 2. The summed E-state index contributed by atoms with van der Waals surface area (Å²) in [4.78, 5) is 11.7. The van der Waals surface area contributed by atoms with Crippen molar-refractivity contribution in [2.24, 2.45) is 0 Å². The molecule has 2 rings (SSSR count). The van der Waals surface area contributed by atoms with Crippen molar-refractivity contribution in [2.45, 2.75) is 6.92 Å². The van der Waals surface area contributed by atoms with E-state index in [1.807, 2.05) is 13.0 Å². The molecule has 0 aliphatic carbocycles. The van der Waals surface area contributed by atoms with Gasteiger partial charge in [0.05, 0.1) is 0 Å². The molecule has 0 radical (unpaired) electrons. The topological polar surface area (TPSA) is 66.9 Å². The van der Waals surface area contributed by atoms with E-state index in [0.717, 1.165) is 5.82 Å². The van der Waals surface area contributed by atoms with Crippen LogP contribution in [0.4, 0.5) is 0 Å². The van der Waals surface area contributed by atoms with Crippen LogP contribution in [-0.2, 0) is 0 Å². The molecule has 84 valence electrons. The molecule has 0 saturated heterocycles. The second kappa shape index (κ2) is 5.06. The number of hydrogen-bond acceptors (Lipinski definition) is 4. The number of carbonyl (C=O) groups is 1. The quantitative estimate of drug-likeness (QED) is 0.467. The summed E-state index contributed by atoms with van der Waals surface area (Å²) >= 11 is -0.199. The van der Waals surface area contributed by atoms with Crippen molar-refractivity contribution in [3.05, 3.63) is 45.6 Å². The molecule has 1 aromatic rings. The fourth-order valence-electron chi connectivity index (χ4n) is 1.13. The Kier molecular flexibility index (Phi) is 3.50. The minimum absolute atomic E-state index is 0.199. The van der Waals surface area contributed by atoms with Crippen molar-refractivity contribution < 1.29 is 26.3 Å². The Morgan fingerprint density at radius 2 is 2.44 bits per heavy atom. The van der Waals surface area contributed by atoms with Crippen molar-refractivity contribution in [2.75, 3.05) is 0 Å². The van der Waals surface area contributed by atoms with Crippen LogP contribution in [0.5, 0.6) is 0 Å². The number of halogens is 1. The van der Waals surface area contributed by atoms with Crippen LogP contribution in [0.15, 0.2) is 39.9 Å². The Morgan fingerprint density at radius 1 is 1.56 bits per heavy atom. The zero-order chi connectivity index (χ0) is 11.4. The van der Waals surface area contributed by atoms with Crippen molar-refractivity contribution in [1.82, 2.24) is 19.0 Å². The van der Waals surface area contributed by atoms with Crippen molar-refractivity contribution in [3.63, 3.8) is 0 Å². The fraction of sp³-hybridized carbons (Fsp3) is 0.100. The molecule has 1 aliphatic rings. The molecule has 1 aliphatic heterocycles. The predicted octanol–water partition coefficient (Wildman–Crippen LogP) is -2.44. The molecule has 6 heteroatoms. The maximum absolute atomic E-state index is 11.7. The molecule has 0 fully saturated rings. The van der Waals surface area contributed by atoms with Crippen LogP contribution >= 0.6 is 0 Å². The van der Waals surface area contributed by atoms with E-state index < -0.39 is 0 Å². The number of nitrogens with zero attached hydrogens (tertiary/aromatic N) is 2. The van der Waals surface area contributed by atoms with Crippen molar-refractivity contribution in [1.29, 1.82) is 0 Å². The normalized spacial score (nSPS) is 15.1. The van der Waals surface area contributed by atoms with Crippen LogP contribution in [0.3, 0.4) is 0 Å². The number of nitrogens with one attached hydrogen (secondary N) is 2. The van der Waals surface area contributed by atoms with E-state index in [9.17, 15) is 4.79 Å². The molecule has 5 nitrogen and oxygen atoms in total. The maximum atomic E-state index is 11.7. The van der Waals surface area contributed by atoms with Crippen LogP contribution in [0, 0.1) is 0 Å². The first kappa shape index (κ1) is 11.1. The van der Waals surface area contributed by atoms with E-state index in [-0.39, 0.29) is 27.4 Å². The summed E-state index contributed by atoms with van der Waals surface area (Å²) in [7, 11) is 0. The first-order valence-electron chi connectivity index (χ1n) is 4.61. The molecule has 2 N–H and O–H groups in total. The SMILES string of the molecule is CC1=C[I-]NC(NC(=O)c2cccnn2)=C1. The summed E-state index contributed by atoms with van der Waals surface area (Å²) in [6.07, 6.45) is 3.44. The van der Waals surface area contributed by atoms with Crippen LogP contribution in [-0.4, -0.2) is 16.1 Å². The zero-order valence-electron chi connectivity index (χ0n) is 8.57. The van der Waals surface area contributed by atoms with Gasteiger partial charge in [-0.15, -0.1) is 0 Å². The summed E-state index contributed by atoms with van der Waals surface area (Å²) in [6, 6.07) is 3.31. The summed E-state index contributed by atoms with van der Waals surface area (Å²) in [5.74, 6) is 0.494. The van der Waals surface area contributed by atoms with Gasteiger partial charge in [0.25, 0.3) is 0 Å². The average Bonchev–Trinajstić information content (AvgIpc) is 2.30. The Hall–Kier alpha value is -1.44. The third-order valence-corrected chi connectivity index (χ3v) is 3.99. The van der Waals surface area contributed by atoms with Gasteiger partial charge in [0.15, 0.2) is 0 Å². The predicted molar refractivity (Wildman–Crippen MR) is 54.5 cm³/mol. The number of aromatic nitrogens is 2. The van der Waals surface area contributed by atoms with E-state index in [1.54, 1.807) is 12.1 Å². The third-order valence-electron chi connectivity index (χ3n) is 1.81. The monoisotopic (exact) mass is 329 g/mol. The molecule has 0 bridgehead atoms. The molecule has 1 aromatic heterocycles. The summed E-state index contributed by atoms with van der Waals surface area (Å²) in [5.41, 5.74) is 1.48. The van der Waals surface area contributed by atoms with Gasteiger partial charge in [0, 0.05) is 0 Å². The fourth-order valence-corrected chi connectivity index (χ4v) is 2.58. The zero-order valence-corrected chi connectivity index (χ0v) is 10.7. The molecule has 0 unspecified atom stereocenters. The van der Waals surface area contributed by atoms with Gasteiger partial charge in [-0.3, -0.25) is 0 Å². The molecular formula is C10H10IN4O-. The molecule has 2 heterocycles. The van der Waals surface area contributed by atoms with E-state index in [0.29, 0.717) is 5.69 Å². The number of amides is 1. The van der Waals surface area contributed by atoms with E-state index in [4.69, 9.17) is 0 Å². The average molecular weight is 329 g/mol. The van der Waals surface area contributed by atoms with Crippen LogP contribution < -0.4 is 30.3 Å². The van der Waals surface area contributed by atoms with Gasteiger partial charge < -0.3 is 0 Å². The molecule has 0 spiro atoms. The summed E-state index contributed by atoms with van der Waals surface area (Å²) in [5, 5.41) is 10.2. The third kappa shape index (κ3) is 2.78. The van der Waals surface area contributed by atoms with Gasteiger partial charge in [0.1, 0.15) is 0 Å². The molecule has 1 amide bonds. The van der Waals surface area contributed by atoms with E-state index in [2.05, 4.69) is 23.1 Å². The van der Waals surface area contributed by atoms with Crippen molar-refractivity contribution in [3.8, 4) is 0 Å². The molecule has 0 atom stereocenters.